The summed E-state index contributed by atoms with van der Waals surface area (Å²) in [6.07, 6.45) is 0. The molecule has 2 heterocycles. The van der Waals surface area contributed by atoms with Crippen LogP contribution in [0.2, 0.25) is 0 Å². The number of rotatable bonds is 6. The summed E-state index contributed by atoms with van der Waals surface area (Å²) in [5.74, 6) is 2.15. The van der Waals surface area contributed by atoms with Crippen LogP contribution in [-0.4, -0.2) is 56.6 Å². The van der Waals surface area contributed by atoms with Gasteiger partial charge in [0.2, 0.25) is 0 Å². The molecule has 0 spiro atoms. The molecule has 2 aliphatic rings. The van der Waals surface area contributed by atoms with E-state index in [1.165, 1.54) is 0 Å². The van der Waals surface area contributed by atoms with Crippen LogP contribution in [0.5, 0.6) is 11.5 Å². The maximum Gasteiger partial charge on any atom is 0.262 e. The Hall–Kier alpha value is -3.06. The molecule has 2 fully saturated rings. The zero-order valence-corrected chi connectivity index (χ0v) is 16.4. The number of fused-ring (bicyclic) bond motifs is 1. The lowest BCUT2D eigenvalue weighted by atomic mass is 10.0. The molecule has 4 rings (SSSR count). The van der Waals surface area contributed by atoms with E-state index in [1.54, 1.807) is 55.6 Å². The van der Waals surface area contributed by atoms with E-state index in [0.717, 1.165) is 26.2 Å². The number of hydrogen-bond donors (Lipinski definition) is 2. The fraction of sp³-hybridized carbons (Fsp3) is 0.364. The van der Waals surface area contributed by atoms with E-state index in [9.17, 15) is 9.59 Å². The SMILES string of the molecule is COc1cccc(NC(=O)COc2ccc(C(=O)N3C[C@H]4CNC[C@H]4C3)cc2)c1. The third-order valence-corrected chi connectivity index (χ3v) is 5.50. The van der Waals surface area contributed by atoms with Gasteiger partial charge in [-0.3, -0.25) is 9.59 Å². The highest BCUT2D eigenvalue weighted by Gasteiger charge is 2.38. The zero-order chi connectivity index (χ0) is 20.2. The summed E-state index contributed by atoms with van der Waals surface area (Å²) in [5.41, 5.74) is 1.29. The van der Waals surface area contributed by atoms with E-state index in [-0.39, 0.29) is 18.4 Å². The fourth-order valence-electron chi connectivity index (χ4n) is 3.94. The van der Waals surface area contributed by atoms with E-state index >= 15 is 0 Å². The van der Waals surface area contributed by atoms with Gasteiger partial charge in [-0.05, 0) is 48.2 Å². The molecular formula is C22H25N3O4. The first-order valence-electron chi connectivity index (χ1n) is 9.79. The number of hydrogen-bond acceptors (Lipinski definition) is 5. The first-order chi connectivity index (χ1) is 14.1. The van der Waals surface area contributed by atoms with Crippen molar-refractivity contribution in [3.63, 3.8) is 0 Å². The molecule has 7 heteroatoms. The van der Waals surface area contributed by atoms with Gasteiger partial charge in [-0.1, -0.05) is 6.07 Å². The second-order valence-corrected chi connectivity index (χ2v) is 7.48. The van der Waals surface area contributed by atoms with Gasteiger partial charge in [-0.25, -0.2) is 0 Å². The van der Waals surface area contributed by atoms with Gasteiger partial charge in [0.05, 0.1) is 7.11 Å². The summed E-state index contributed by atoms with van der Waals surface area (Å²) in [6, 6.07) is 14.1. The van der Waals surface area contributed by atoms with Gasteiger partial charge in [0.1, 0.15) is 11.5 Å². The molecule has 2 aliphatic heterocycles. The van der Waals surface area contributed by atoms with Crippen molar-refractivity contribution in [1.82, 2.24) is 10.2 Å². The second-order valence-electron chi connectivity index (χ2n) is 7.48. The summed E-state index contributed by atoms with van der Waals surface area (Å²) < 4.78 is 10.7. The highest BCUT2D eigenvalue weighted by molar-refractivity contribution is 5.94. The molecule has 2 amide bonds. The summed E-state index contributed by atoms with van der Waals surface area (Å²) in [4.78, 5) is 26.7. The number of methoxy groups -OCH3 is 1. The number of likely N-dealkylation sites (tertiary alicyclic amines) is 1. The van der Waals surface area contributed by atoms with Crippen LogP contribution in [0.4, 0.5) is 5.69 Å². The predicted octanol–water partition coefficient (Wildman–Crippen LogP) is 2.00. The molecule has 29 heavy (non-hydrogen) atoms. The molecule has 2 saturated heterocycles. The van der Waals surface area contributed by atoms with Gasteiger partial charge >= 0.3 is 0 Å². The molecule has 0 unspecified atom stereocenters. The standard InChI is InChI=1S/C22H25N3O4/c1-28-20-4-2-3-18(9-20)24-21(26)14-29-19-7-5-15(6-8-19)22(27)25-12-16-10-23-11-17(16)13-25/h2-9,16-17,23H,10-14H2,1H3,(H,24,26)/t16-,17+. The van der Waals surface area contributed by atoms with E-state index in [1.807, 2.05) is 4.90 Å². The largest absolute Gasteiger partial charge is 0.497 e. The molecule has 7 nitrogen and oxygen atoms in total. The van der Waals surface area contributed by atoms with Crippen LogP contribution in [-0.2, 0) is 4.79 Å². The average molecular weight is 395 g/mol. The topological polar surface area (TPSA) is 79.9 Å². The molecule has 0 saturated carbocycles. The molecule has 0 aliphatic carbocycles. The van der Waals surface area contributed by atoms with Crippen LogP contribution in [0.25, 0.3) is 0 Å². The number of benzene rings is 2. The number of nitrogens with zero attached hydrogens (tertiary/aromatic N) is 1. The maximum atomic E-state index is 12.7. The Morgan fingerprint density at radius 3 is 2.48 bits per heavy atom. The number of amides is 2. The first-order valence-corrected chi connectivity index (χ1v) is 9.79. The maximum absolute atomic E-state index is 12.7. The fourth-order valence-corrected chi connectivity index (χ4v) is 3.94. The van der Waals surface area contributed by atoms with E-state index < -0.39 is 0 Å². The Kier molecular flexibility index (Phi) is 5.67. The lowest BCUT2D eigenvalue weighted by Gasteiger charge is -2.17. The Bertz CT molecular complexity index is 872. The van der Waals surface area contributed by atoms with Crippen molar-refractivity contribution in [3.8, 4) is 11.5 Å². The van der Waals surface area contributed by atoms with Crippen molar-refractivity contribution in [3.05, 3.63) is 54.1 Å². The third-order valence-electron chi connectivity index (χ3n) is 5.50. The Morgan fingerprint density at radius 1 is 1.07 bits per heavy atom. The highest BCUT2D eigenvalue weighted by atomic mass is 16.5. The number of anilines is 1. The number of ether oxygens (including phenoxy) is 2. The van der Waals surface area contributed by atoms with Crippen molar-refractivity contribution in [1.29, 1.82) is 0 Å². The van der Waals surface area contributed by atoms with Gasteiger partial charge in [0.25, 0.3) is 11.8 Å². The van der Waals surface area contributed by atoms with E-state index in [2.05, 4.69) is 10.6 Å². The van der Waals surface area contributed by atoms with Crippen molar-refractivity contribution in [2.45, 2.75) is 0 Å². The average Bonchev–Trinajstić information content (AvgIpc) is 3.35. The third kappa shape index (κ3) is 4.51. The minimum atomic E-state index is -0.268. The Balaban J connectivity index is 1.28. The zero-order valence-electron chi connectivity index (χ0n) is 16.4. The van der Waals surface area contributed by atoms with Crippen LogP contribution >= 0.6 is 0 Å². The summed E-state index contributed by atoms with van der Waals surface area (Å²) >= 11 is 0. The molecule has 2 aromatic rings. The minimum Gasteiger partial charge on any atom is -0.497 e. The quantitative estimate of drug-likeness (QED) is 0.782. The van der Waals surface area contributed by atoms with Crippen molar-refractivity contribution in [2.24, 2.45) is 11.8 Å². The number of carbonyl (C=O) groups excluding carboxylic acids is 2. The lowest BCUT2D eigenvalue weighted by molar-refractivity contribution is -0.118. The lowest BCUT2D eigenvalue weighted by Crippen LogP contribution is -2.31. The van der Waals surface area contributed by atoms with Crippen molar-refractivity contribution < 1.29 is 19.1 Å². The summed E-state index contributed by atoms with van der Waals surface area (Å²) in [7, 11) is 1.57. The van der Waals surface area contributed by atoms with Gasteiger partial charge in [-0.2, -0.15) is 0 Å². The molecule has 2 atom stereocenters. The van der Waals surface area contributed by atoms with Crippen molar-refractivity contribution >= 4 is 17.5 Å². The highest BCUT2D eigenvalue weighted by Crippen LogP contribution is 2.27. The van der Waals surface area contributed by atoms with Crippen LogP contribution in [0.1, 0.15) is 10.4 Å². The van der Waals surface area contributed by atoms with Gasteiger partial charge in [-0.15, -0.1) is 0 Å². The Morgan fingerprint density at radius 2 is 1.79 bits per heavy atom. The summed E-state index contributed by atoms with van der Waals surface area (Å²) in [6.45, 7) is 3.52. The van der Waals surface area contributed by atoms with Crippen LogP contribution < -0.4 is 20.1 Å². The number of nitrogens with one attached hydrogen (secondary N) is 2. The molecule has 2 N–H and O–H groups in total. The van der Waals surface area contributed by atoms with Crippen LogP contribution in [0.15, 0.2) is 48.5 Å². The van der Waals surface area contributed by atoms with Gasteiger partial charge < -0.3 is 25.0 Å². The minimum absolute atomic E-state index is 0.0571. The summed E-state index contributed by atoms with van der Waals surface area (Å²) in [5, 5.41) is 6.14. The molecular weight excluding hydrogens is 370 g/mol. The number of carbonyl (C=O) groups is 2. The molecule has 2 aromatic carbocycles. The molecule has 0 aromatic heterocycles. The predicted molar refractivity (Wildman–Crippen MR) is 109 cm³/mol. The van der Waals surface area contributed by atoms with Gasteiger partial charge in [0.15, 0.2) is 6.61 Å². The van der Waals surface area contributed by atoms with Gasteiger partial charge in [0, 0.05) is 43.5 Å². The Labute approximate surface area is 170 Å². The smallest absolute Gasteiger partial charge is 0.262 e. The van der Waals surface area contributed by atoms with Crippen LogP contribution in [0.3, 0.4) is 0 Å². The molecule has 0 radical (unpaired) electrons. The van der Waals surface area contributed by atoms with E-state index in [4.69, 9.17) is 9.47 Å². The second kappa shape index (κ2) is 8.53. The molecule has 152 valence electrons. The molecule has 0 bridgehead atoms. The monoisotopic (exact) mass is 395 g/mol. The normalized spacial score (nSPS) is 20.2. The van der Waals surface area contributed by atoms with Crippen molar-refractivity contribution in [2.75, 3.05) is 45.2 Å². The first kappa shape index (κ1) is 19.3. The van der Waals surface area contributed by atoms with Crippen LogP contribution in [0, 0.1) is 11.8 Å². The van der Waals surface area contributed by atoms with E-state index in [0.29, 0.717) is 34.6 Å².